The number of anilines is 2. The molecule has 2 aromatic carbocycles. The average Bonchev–Trinajstić information content (AvgIpc) is 3.04. The van der Waals surface area contributed by atoms with E-state index in [-0.39, 0.29) is 24.2 Å². The quantitative estimate of drug-likeness (QED) is 0.815. The molecule has 1 atom stereocenters. The van der Waals surface area contributed by atoms with Crippen molar-refractivity contribution in [1.29, 1.82) is 0 Å². The van der Waals surface area contributed by atoms with Gasteiger partial charge >= 0.3 is 0 Å². The molecular formula is C20H22N2O3S. The number of hydrogen-bond acceptors (Lipinski definition) is 4. The molecule has 5 nitrogen and oxygen atoms in total. The van der Waals surface area contributed by atoms with Crippen LogP contribution in [0.1, 0.15) is 12.0 Å². The molecule has 2 amide bonds. The maximum Gasteiger partial charge on any atom is 0.229 e. The zero-order valence-corrected chi connectivity index (χ0v) is 15.9. The van der Waals surface area contributed by atoms with Crippen molar-refractivity contribution in [3.05, 3.63) is 48.0 Å². The third-order valence-electron chi connectivity index (χ3n) is 4.48. The van der Waals surface area contributed by atoms with E-state index >= 15 is 0 Å². The first-order valence-electron chi connectivity index (χ1n) is 8.41. The van der Waals surface area contributed by atoms with Crippen LogP contribution in [0.5, 0.6) is 5.75 Å². The molecule has 0 aliphatic carbocycles. The molecule has 0 spiro atoms. The number of nitrogens with one attached hydrogen (secondary N) is 1. The Labute approximate surface area is 157 Å². The lowest BCUT2D eigenvalue weighted by molar-refractivity contribution is -0.122. The molecule has 1 fully saturated rings. The van der Waals surface area contributed by atoms with E-state index in [0.29, 0.717) is 12.3 Å². The van der Waals surface area contributed by atoms with Gasteiger partial charge < -0.3 is 15.0 Å². The monoisotopic (exact) mass is 370 g/mol. The molecule has 0 radical (unpaired) electrons. The van der Waals surface area contributed by atoms with Gasteiger partial charge in [-0.05, 0) is 55.1 Å². The highest BCUT2D eigenvalue weighted by Crippen LogP contribution is 2.34. The third-order valence-corrected chi connectivity index (χ3v) is 5.22. The lowest BCUT2D eigenvalue weighted by Crippen LogP contribution is -2.28. The van der Waals surface area contributed by atoms with Crippen molar-refractivity contribution in [2.75, 3.05) is 30.1 Å². The molecule has 136 valence electrons. The van der Waals surface area contributed by atoms with Crippen LogP contribution < -0.4 is 15.0 Å². The molecule has 1 N–H and O–H groups in total. The summed E-state index contributed by atoms with van der Waals surface area (Å²) in [7, 11) is 1.58. The molecule has 2 aromatic rings. The van der Waals surface area contributed by atoms with Crippen LogP contribution in [-0.2, 0) is 9.59 Å². The molecule has 1 heterocycles. The van der Waals surface area contributed by atoms with Crippen molar-refractivity contribution in [2.45, 2.75) is 18.2 Å². The van der Waals surface area contributed by atoms with Crippen molar-refractivity contribution in [1.82, 2.24) is 0 Å². The van der Waals surface area contributed by atoms with Crippen LogP contribution >= 0.6 is 11.8 Å². The second-order valence-corrected chi connectivity index (χ2v) is 7.18. The Bertz CT molecular complexity index is 820. The van der Waals surface area contributed by atoms with Gasteiger partial charge in [-0.2, -0.15) is 0 Å². The Morgan fingerprint density at radius 2 is 1.96 bits per heavy atom. The number of ether oxygens (including phenoxy) is 1. The first-order chi connectivity index (χ1) is 12.5. The minimum Gasteiger partial charge on any atom is -0.495 e. The minimum atomic E-state index is -0.382. The van der Waals surface area contributed by atoms with Crippen molar-refractivity contribution >= 4 is 35.0 Å². The van der Waals surface area contributed by atoms with E-state index in [4.69, 9.17) is 4.74 Å². The van der Waals surface area contributed by atoms with Crippen molar-refractivity contribution in [2.24, 2.45) is 5.92 Å². The van der Waals surface area contributed by atoms with Crippen LogP contribution in [0.15, 0.2) is 47.4 Å². The molecule has 1 aliphatic rings. The van der Waals surface area contributed by atoms with Gasteiger partial charge in [0.15, 0.2) is 0 Å². The number of rotatable bonds is 5. The largest absolute Gasteiger partial charge is 0.495 e. The number of nitrogens with zero attached hydrogens (tertiary/aromatic N) is 1. The molecule has 1 unspecified atom stereocenters. The summed E-state index contributed by atoms with van der Waals surface area (Å²) in [5.74, 6) is 0.0572. The van der Waals surface area contributed by atoms with Gasteiger partial charge in [-0.1, -0.05) is 6.07 Å². The lowest BCUT2D eigenvalue weighted by Gasteiger charge is -2.20. The van der Waals surface area contributed by atoms with Crippen LogP contribution in [0.4, 0.5) is 11.4 Å². The number of aryl methyl sites for hydroxylation is 1. The van der Waals surface area contributed by atoms with Crippen LogP contribution in [-0.4, -0.2) is 31.7 Å². The Balaban J connectivity index is 1.72. The average molecular weight is 370 g/mol. The van der Waals surface area contributed by atoms with Gasteiger partial charge in [-0.15, -0.1) is 11.8 Å². The van der Waals surface area contributed by atoms with E-state index in [1.807, 2.05) is 55.6 Å². The van der Waals surface area contributed by atoms with Gasteiger partial charge in [-0.25, -0.2) is 0 Å². The smallest absolute Gasteiger partial charge is 0.229 e. The van der Waals surface area contributed by atoms with Gasteiger partial charge in [0.25, 0.3) is 0 Å². The van der Waals surface area contributed by atoms with Crippen molar-refractivity contribution in [3.8, 4) is 5.75 Å². The Morgan fingerprint density at radius 1 is 1.23 bits per heavy atom. The van der Waals surface area contributed by atoms with E-state index in [2.05, 4.69) is 5.32 Å². The summed E-state index contributed by atoms with van der Waals surface area (Å²) >= 11 is 1.65. The number of methoxy groups -OCH3 is 1. The fourth-order valence-electron chi connectivity index (χ4n) is 3.05. The molecule has 6 heteroatoms. The van der Waals surface area contributed by atoms with Gasteiger partial charge in [0.1, 0.15) is 5.75 Å². The Hall–Kier alpha value is -2.47. The number of benzene rings is 2. The van der Waals surface area contributed by atoms with Crippen molar-refractivity contribution in [3.63, 3.8) is 0 Å². The number of carbonyl (C=O) groups is 2. The molecular weight excluding hydrogens is 348 g/mol. The molecule has 0 saturated carbocycles. The number of thioether (sulfide) groups is 1. The number of carbonyl (C=O) groups excluding carboxylic acids is 2. The summed E-state index contributed by atoms with van der Waals surface area (Å²) in [6, 6.07) is 13.4. The molecule has 1 aliphatic heterocycles. The summed E-state index contributed by atoms with van der Waals surface area (Å²) < 4.78 is 5.38. The Kier molecular flexibility index (Phi) is 5.52. The zero-order chi connectivity index (χ0) is 18.7. The highest BCUT2D eigenvalue weighted by molar-refractivity contribution is 7.98. The molecule has 26 heavy (non-hydrogen) atoms. The Morgan fingerprint density at radius 3 is 2.62 bits per heavy atom. The van der Waals surface area contributed by atoms with Gasteiger partial charge in [0.05, 0.1) is 18.7 Å². The van der Waals surface area contributed by atoms with Gasteiger partial charge in [0, 0.05) is 23.5 Å². The van der Waals surface area contributed by atoms with E-state index < -0.39 is 0 Å². The third kappa shape index (κ3) is 3.85. The first-order valence-corrected chi connectivity index (χ1v) is 9.64. The fraction of sp³-hybridized carbons (Fsp3) is 0.300. The molecule has 0 bridgehead atoms. The van der Waals surface area contributed by atoms with Crippen LogP contribution in [0.2, 0.25) is 0 Å². The van der Waals surface area contributed by atoms with E-state index in [1.165, 1.54) is 0 Å². The second kappa shape index (κ2) is 7.83. The lowest BCUT2D eigenvalue weighted by atomic mass is 10.1. The van der Waals surface area contributed by atoms with E-state index in [0.717, 1.165) is 21.8 Å². The predicted octanol–water partition coefficient (Wildman–Crippen LogP) is 3.72. The maximum atomic E-state index is 12.6. The van der Waals surface area contributed by atoms with Gasteiger partial charge in [-0.3, -0.25) is 9.59 Å². The van der Waals surface area contributed by atoms with Crippen molar-refractivity contribution < 1.29 is 14.3 Å². The van der Waals surface area contributed by atoms with Crippen LogP contribution in [0.25, 0.3) is 0 Å². The topological polar surface area (TPSA) is 58.6 Å². The summed E-state index contributed by atoms with van der Waals surface area (Å²) in [5, 5.41) is 2.91. The molecule has 1 saturated heterocycles. The standard InChI is InChI=1S/C20H22N2O3S/c1-13-4-9-18(25-2)17(10-13)22-12-14(11-19(22)23)20(24)21-15-5-7-16(26-3)8-6-15/h4-10,14H,11-12H2,1-3H3,(H,21,24). The summed E-state index contributed by atoms with van der Waals surface area (Å²) in [6.07, 6.45) is 2.21. The highest BCUT2D eigenvalue weighted by Gasteiger charge is 2.36. The SMILES string of the molecule is COc1ccc(C)cc1N1CC(C(=O)Nc2ccc(SC)cc2)CC1=O. The first kappa shape index (κ1) is 18.3. The maximum absolute atomic E-state index is 12.6. The number of hydrogen-bond donors (Lipinski definition) is 1. The minimum absolute atomic E-state index is 0.0632. The van der Waals surface area contributed by atoms with E-state index in [1.54, 1.807) is 23.8 Å². The van der Waals surface area contributed by atoms with Crippen LogP contribution in [0, 0.1) is 12.8 Å². The van der Waals surface area contributed by atoms with Crippen LogP contribution in [0.3, 0.4) is 0 Å². The summed E-state index contributed by atoms with van der Waals surface area (Å²) in [5.41, 5.74) is 2.50. The highest BCUT2D eigenvalue weighted by atomic mass is 32.2. The zero-order valence-electron chi connectivity index (χ0n) is 15.1. The fourth-order valence-corrected chi connectivity index (χ4v) is 3.45. The predicted molar refractivity (Wildman–Crippen MR) is 105 cm³/mol. The normalized spacial score (nSPS) is 16.7. The second-order valence-electron chi connectivity index (χ2n) is 6.30. The molecule has 0 aromatic heterocycles. The van der Waals surface area contributed by atoms with E-state index in [9.17, 15) is 9.59 Å². The molecule has 3 rings (SSSR count). The van der Waals surface area contributed by atoms with Gasteiger partial charge in [0.2, 0.25) is 11.8 Å². The summed E-state index contributed by atoms with van der Waals surface area (Å²) in [4.78, 5) is 27.9. The number of amides is 2. The summed E-state index contributed by atoms with van der Waals surface area (Å²) in [6.45, 7) is 2.32.